The largest absolute Gasteiger partial charge is 0.462 e. The van der Waals surface area contributed by atoms with Crippen LogP contribution in [0, 0.1) is 6.92 Å². The summed E-state index contributed by atoms with van der Waals surface area (Å²) in [6.45, 7) is 3.99. The van der Waals surface area contributed by atoms with Crippen molar-refractivity contribution in [3.8, 4) is 22.8 Å². The Morgan fingerprint density at radius 2 is 1.85 bits per heavy atom. The Morgan fingerprint density at radius 3 is 2.58 bits per heavy atom. The third-order valence-corrected chi connectivity index (χ3v) is 5.71. The van der Waals surface area contributed by atoms with Gasteiger partial charge in [-0.15, -0.1) is 11.3 Å². The zero-order chi connectivity index (χ0) is 23.2. The molecule has 4 aromatic rings. The lowest BCUT2D eigenvalue weighted by atomic mass is 10.0. The molecule has 166 valence electrons. The second-order valence-electron chi connectivity index (χ2n) is 7.19. The van der Waals surface area contributed by atoms with E-state index < -0.39 is 5.97 Å². The lowest BCUT2D eigenvalue weighted by Crippen LogP contribution is -2.14. The number of nitrogens with zero attached hydrogens (tertiary/aromatic N) is 1. The van der Waals surface area contributed by atoms with Crippen LogP contribution in [0.3, 0.4) is 0 Å². The van der Waals surface area contributed by atoms with Crippen molar-refractivity contribution < 1.29 is 19.1 Å². The predicted molar refractivity (Wildman–Crippen MR) is 129 cm³/mol. The van der Waals surface area contributed by atoms with E-state index in [2.05, 4.69) is 10.3 Å². The first-order valence-corrected chi connectivity index (χ1v) is 11.3. The second kappa shape index (κ2) is 10.1. The van der Waals surface area contributed by atoms with Crippen molar-refractivity contribution in [3.63, 3.8) is 0 Å². The molecule has 0 spiro atoms. The summed E-state index contributed by atoms with van der Waals surface area (Å²) in [7, 11) is 0. The Bertz CT molecular complexity index is 1270. The van der Waals surface area contributed by atoms with Crippen LogP contribution in [-0.4, -0.2) is 23.5 Å². The number of ether oxygens (including phenoxy) is 2. The van der Waals surface area contributed by atoms with E-state index in [0.717, 1.165) is 16.7 Å². The maximum absolute atomic E-state index is 13.0. The van der Waals surface area contributed by atoms with Crippen LogP contribution in [0.4, 0.5) is 5.00 Å². The van der Waals surface area contributed by atoms with Gasteiger partial charge in [-0.05, 0) is 43.7 Å². The van der Waals surface area contributed by atoms with Gasteiger partial charge in [0.15, 0.2) is 0 Å². The summed E-state index contributed by atoms with van der Waals surface area (Å²) in [5.74, 6) is 0.0836. The molecule has 1 N–H and O–H groups in total. The van der Waals surface area contributed by atoms with Gasteiger partial charge in [-0.25, -0.2) is 9.78 Å². The Labute approximate surface area is 195 Å². The van der Waals surface area contributed by atoms with Gasteiger partial charge in [0.25, 0.3) is 5.91 Å². The summed E-state index contributed by atoms with van der Waals surface area (Å²) in [5, 5.41) is 5.16. The van der Waals surface area contributed by atoms with Crippen LogP contribution in [0.5, 0.6) is 11.6 Å². The molecule has 0 atom stereocenters. The van der Waals surface area contributed by atoms with Crippen LogP contribution in [0.1, 0.15) is 33.2 Å². The van der Waals surface area contributed by atoms with Gasteiger partial charge in [0.1, 0.15) is 16.3 Å². The highest BCUT2D eigenvalue weighted by atomic mass is 32.1. The van der Waals surface area contributed by atoms with Gasteiger partial charge in [0.2, 0.25) is 5.88 Å². The zero-order valence-corrected chi connectivity index (χ0v) is 19.0. The van der Waals surface area contributed by atoms with Crippen LogP contribution in [-0.2, 0) is 4.74 Å². The molecule has 6 nitrogen and oxygen atoms in total. The van der Waals surface area contributed by atoms with Gasteiger partial charge >= 0.3 is 5.97 Å². The van der Waals surface area contributed by atoms with Gasteiger partial charge in [-0.1, -0.05) is 42.0 Å². The Hall–Kier alpha value is -3.97. The highest BCUT2D eigenvalue weighted by Crippen LogP contribution is 2.36. The number of hydrogen-bond acceptors (Lipinski definition) is 6. The first-order valence-electron chi connectivity index (χ1n) is 10.4. The molecule has 0 unspecified atom stereocenters. The molecule has 2 aromatic carbocycles. The molecule has 0 bridgehead atoms. The molecule has 33 heavy (non-hydrogen) atoms. The number of carbonyl (C=O) groups is 2. The van der Waals surface area contributed by atoms with E-state index >= 15 is 0 Å². The number of aromatic nitrogens is 1. The number of thiophene rings is 1. The maximum Gasteiger partial charge on any atom is 0.341 e. The van der Waals surface area contributed by atoms with Crippen LogP contribution in [0.25, 0.3) is 11.1 Å². The summed E-state index contributed by atoms with van der Waals surface area (Å²) in [5.41, 5.74) is 3.46. The number of carbonyl (C=O) groups excluding carboxylic acids is 2. The zero-order valence-electron chi connectivity index (χ0n) is 18.2. The molecule has 0 aliphatic carbocycles. The highest BCUT2D eigenvalue weighted by Gasteiger charge is 2.23. The summed E-state index contributed by atoms with van der Waals surface area (Å²) >= 11 is 1.29. The Balaban J connectivity index is 1.61. The maximum atomic E-state index is 13.0. The van der Waals surface area contributed by atoms with Gasteiger partial charge in [-0.2, -0.15) is 0 Å². The van der Waals surface area contributed by atoms with Crippen LogP contribution in [0.15, 0.2) is 78.3 Å². The van der Waals surface area contributed by atoms with Crippen molar-refractivity contribution in [1.82, 2.24) is 4.98 Å². The molecule has 0 fully saturated rings. The third-order valence-electron chi connectivity index (χ3n) is 4.82. The van der Waals surface area contributed by atoms with Gasteiger partial charge in [-0.3, -0.25) is 4.79 Å². The number of pyridine rings is 1. The predicted octanol–water partition coefficient (Wildman–Crippen LogP) is 6.34. The summed E-state index contributed by atoms with van der Waals surface area (Å²) in [4.78, 5) is 29.9. The number of rotatable bonds is 7. The molecule has 7 heteroatoms. The minimum absolute atomic E-state index is 0.238. The van der Waals surface area contributed by atoms with Gasteiger partial charge < -0.3 is 14.8 Å². The summed E-state index contributed by atoms with van der Waals surface area (Å²) in [6, 6.07) is 20.0. The van der Waals surface area contributed by atoms with Crippen molar-refractivity contribution in [2.24, 2.45) is 0 Å². The van der Waals surface area contributed by atoms with Crippen molar-refractivity contribution >= 4 is 28.2 Å². The fourth-order valence-electron chi connectivity index (χ4n) is 3.21. The number of anilines is 1. The minimum Gasteiger partial charge on any atom is -0.462 e. The molecule has 2 aromatic heterocycles. The molecule has 0 radical (unpaired) electrons. The fraction of sp³-hybridized carbons (Fsp3) is 0.115. The first kappa shape index (κ1) is 22.2. The summed E-state index contributed by atoms with van der Waals surface area (Å²) in [6.07, 6.45) is 1.63. The van der Waals surface area contributed by atoms with E-state index in [1.807, 2.05) is 42.6 Å². The van der Waals surface area contributed by atoms with E-state index in [9.17, 15) is 9.59 Å². The van der Waals surface area contributed by atoms with Gasteiger partial charge in [0, 0.05) is 28.8 Å². The van der Waals surface area contributed by atoms with E-state index in [4.69, 9.17) is 9.47 Å². The van der Waals surface area contributed by atoms with Crippen LogP contribution >= 0.6 is 11.3 Å². The highest BCUT2D eigenvalue weighted by molar-refractivity contribution is 7.15. The molecular weight excluding hydrogens is 436 g/mol. The van der Waals surface area contributed by atoms with E-state index in [1.165, 1.54) is 11.3 Å². The number of nitrogens with one attached hydrogen (secondary N) is 1. The van der Waals surface area contributed by atoms with Crippen LogP contribution < -0.4 is 10.1 Å². The first-order chi connectivity index (χ1) is 16.0. The smallest absolute Gasteiger partial charge is 0.341 e. The number of esters is 1. The average Bonchev–Trinajstić information content (AvgIpc) is 3.24. The minimum atomic E-state index is -0.475. The molecule has 4 rings (SSSR count). The molecule has 0 saturated heterocycles. The summed E-state index contributed by atoms with van der Waals surface area (Å²) < 4.78 is 11.0. The van der Waals surface area contributed by atoms with E-state index in [0.29, 0.717) is 27.8 Å². The average molecular weight is 459 g/mol. The number of benzene rings is 2. The monoisotopic (exact) mass is 458 g/mol. The molecule has 2 heterocycles. The van der Waals surface area contributed by atoms with Crippen LogP contribution in [0.2, 0.25) is 0 Å². The lowest BCUT2D eigenvalue weighted by Gasteiger charge is -2.10. The lowest BCUT2D eigenvalue weighted by molar-refractivity contribution is 0.0529. The Kier molecular flexibility index (Phi) is 6.80. The van der Waals surface area contributed by atoms with Crippen molar-refractivity contribution in [3.05, 3.63) is 95.0 Å². The van der Waals surface area contributed by atoms with Gasteiger partial charge in [0.05, 0.1) is 6.61 Å². The number of amides is 1. The van der Waals surface area contributed by atoms with E-state index in [-0.39, 0.29) is 12.5 Å². The second-order valence-corrected chi connectivity index (χ2v) is 8.07. The molecule has 0 aliphatic heterocycles. The molecular formula is C26H22N2O4S. The molecule has 0 saturated carbocycles. The number of hydrogen-bond donors (Lipinski definition) is 1. The quantitative estimate of drug-likeness (QED) is 0.327. The topological polar surface area (TPSA) is 77.5 Å². The number of aryl methyl sites for hydroxylation is 1. The SMILES string of the molecule is CCOC(=O)c1c(-c2ccc(C)cc2)csc1NC(=O)c1cccc(Oc2ccccn2)c1. The van der Waals surface area contributed by atoms with Crippen molar-refractivity contribution in [2.75, 3.05) is 11.9 Å². The van der Waals surface area contributed by atoms with Crippen molar-refractivity contribution in [1.29, 1.82) is 0 Å². The normalized spacial score (nSPS) is 10.5. The van der Waals surface area contributed by atoms with Crippen molar-refractivity contribution in [2.45, 2.75) is 13.8 Å². The standard InChI is InChI=1S/C26H22N2O4S/c1-3-31-26(30)23-21(18-12-10-17(2)11-13-18)16-33-25(23)28-24(29)19-7-6-8-20(15-19)32-22-9-4-5-14-27-22/h4-16H,3H2,1-2H3,(H,28,29). The van der Waals surface area contributed by atoms with E-state index in [1.54, 1.807) is 49.5 Å². The fourth-order valence-corrected chi connectivity index (χ4v) is 4.16. The Morgan fingerprint density at radius 1 is 1.03 bits per heavy atom. The molecule has 1 amide bonds. The molecule has 0 aliphatic rings. The third kappa shape index (κ3) is 5.27.